The highest BCUT2D eigenvalue weighted by molar-refractivity contribution is 7.91. The summed E-state index contributed by atoms with van der Waals surface area (Å²) in [5.74, 6) is -0.0946. The fourth-order valence-corrected chi connectivity index (χ4v) is 4.43. The molecule has 0 aliphatic carbocycles. The van der Waals surface area contributed by atoms with Crippen LogP contribution in [0.15, 0.2) is 41.4 Å². The van der Waals surface area contributed by atoms with Crippen molar-refractivity contribution in [3.05, 3.63) is 36.5 Å². The largest absolute Gasteiger partial charge is 0.395 e. The van der Waals surface area contributed by atoms with Crippen LogP contribution in [0.5, 0.6) is 0 Å². The number of fused-ring (bicyclic) bond motifs is 1. The van der Waals surface area contributed by atoms with Crippen LogP contribution in [0.2, 0.25) is 0 Å². The minimum Gasteiger partial charge on any atom is -0.395 e. The van der Waals surface area contributed by atoms with Crippen molar-refractivity contribution in [2.75, 3.05) is 32.1 Å². The summed E-state index contributed by atoms with van der Waals surface area (Å²) in [6, 6.07) is 8.38. The van der Waals surface area contributed by atoms with Gasteiger partial charge in [-0.25, -0.2) is 8.42 Å². The van der Waals surface area contributed by atoms with Gasteiger partial charge in [0.05, 0.1) is 29.4 Å². The molecule has 2 N–H and O–H groups in total. The van der Waals surface area contributed by atoms with Gasteiger partial charge in [-0.2, -0.15) is 0 Å². The van der Waals surface area contributed by atoms with E-state index in [2.05, 4.69) is 4.98 Å². The molecule has 126 valence electrons. The molecule has 7 heteroatoms. The molecule has 2 rings (SSSR count). The van der Waals surface area contributed by atoms with Crippen LogP contribution >= 0.6 is 0 Å². The van der Waals surface area contributed by atoms with Crippen molar-refractivity contribution in [3.8, 4) is 0 Å². The fourth-order valence-electron chi connectivity index (χ4n) is 2.65. The van der Waals surface area contributed by atoms with Crippen molar-refractivity contribution < 1.29 is 18.6 Å². The first kappa shape index (κ1) is 17.8. The number of benzene rings is 1. The Hall–Kier alpha value is -1.54. The first-order chi connectivity index (χ1) is 11.0. The highest BCUT2D eigenvalue weighted by Crippen LogP contribution is 2.22. The van der Waals surface area contributed by atoms with E-state index in [1.807, 2.05) is 12.1 Å². The lowest BCUT2D eigenvalue weighted by Gasteiger charge is -2.27. The van der Waals surface area contributed by atoms with Crippen LogP contribution in [0.1, 0.15) is 6.92 Å². The van der Waals surface area contributed by atoms with Crippen LogP contribution in [-0.4, -0.2) is 66.6 Å². The molecule has 6 nitrogen and oxygen atoms in total. The maximum Gasteiger partial charge on any atom is 0.182 e. The van der Waals surface area contributed by atoms with Gasteiger partial charge in [-0.05, 0) is 19.1 Å². The zero-order chi connectivity index (χ0) is 16.9. The average Bonchev–Trinajstić information content (AvgIpc) is 2.53. The molecular weight excluding hydrogens is 316 g/mol. The number of aliphatic hydroxyl groups excluding tert-OH is 2. The van der Waals surface area contributed by atoms with Gasteiger partial charge in [0.1, 0.15) is 0 Å². The number of aromatic nitrogens is 1. The molecule has 1 heterocycles. The molecule has 1 aromatic carbocycles. The van der Waals surface area contributed by atoms with Crippen LogP contribution in [0.3, 0.4) is 0 Å². The lowest BCUT2D eigenvalue weighted by molar-refractivity contribution is 0.136. The Labute approximate surface area is 136 Å². The number of aliphatic hydroxyl groups is 2. The fraction of sp³-hybridized carbons (Fsp3) is 0.438. The number of rotatable bonds is 8. The van der Waals surface area contributed by atoms with Gasteiger partial charge in [-0.1, -0.05) is 18.2 Å². The minimum absolute atomic E-state index is 0.0831. The normalized spacial score (nSPS) is 13.6. The Morgan fingerprint density at radius 1 is 1.13 bits per heavy atom. The van der Waals surface area contributed by atoms with E-state index < -0.39 is 9.84 Å². The van der Waals surface area contributed by atoms with Crippen molar-refractivity contribution in [2.45, 2.75) is 17.9 Å². The van der Waals surface area contributed by atoms with Crippen LogP contribution < -0.4 is 0 Å². The van der Waals surface area contributed by atoms with Crippen LogP contribution in [0.4, 0.5) is 0 Å². The molecule has 0 spiro atoms. The van der Waals surface area contributed by atoms with Crippen molar-refractivity contribution in [1.29, 1.82) is 0 Å². The third-order valence-electron chi connectivity index (χ3n) is 3.79. The molecule has 0 fully saturated rings. The lowest BCUT2D eigenvalue weighted by Crippen LogP contribution is -2.41. The first-order valence-corrected chi connectivity index (χ1v) is 9.17. The molecule has 0 aliphatic rings. The third-order valence-corrected chi connectivity index (χ3v) is 5.71. The van der Waals surface area contributed by atoms with Gasteiger partial charge in [-0.3, -0.25) is 9.88 Å². The van der Waals surface area contributed by atoms with Crippen LogP contribution in [-0.2, 0) is 9.84 Å². The minimum atomic E-state index is -3.54. The second-order valence-corrected chi connectivity index (χ2v) is 7.45. The molecule has 0 radical (unpaired) electrons. The van der Waals surface area contributed by atoms with Crippen molar-refractivity contribution in [3.63, 3.8) is 0 Å². The highest BCUT2D eigenvalue weighted by Gasteiger charge is 2.24. The zero-order valence-electron chi connectivity index (χ0n) is 13.1. The van der Waals surface area contributed by atoms with E-state index in [9.17, 15) is 8.42 Å². The Bertz CT molecular complexity index is 737. The van der Waals surface area contributed by atoms with Gasteiger partial charge in [-0.15, -0.1) is 0 Å². The summed E-state index contributed by atoms with van der Waals surface area (Å²) in [5.41, 5.74) is 0.470. The third kappa shape index (κ3) is 4.26. The summed E-state index contributed by atoms with van der Waals surface area (Å²) in [5, 5.41) is 19.0. The molecule has 0 saturated heterocycles. The summed E-state index contributed by atoms with van der Waals surface area (Å²) in [6.45, 7) is 2.26. The quantitative estimate of drug-likeness (QED) is 0.736. The van der Waals surface area contributed by atoms with E-state index in [4.69, 9.17) is 10.2 Å². The zero-order valence-corrected chi connectivity index (χ0v) is 13.9. The van der Waals surface area contributed by atoms with Gasteiger partial charge in [0, 0.05) is 30.7 Å². The first-order valence-electron chi connectivity index (χ1n) is 7.52. The van der Waals surface area contributed by atoms with E-state index in [1.165, 1.54) is 0 Å². The Morgan fingerprint density at radius 3 is 2.43 bits per heavy atom. The Kier molecular flexibility index (Phi) is 6.06. The van der Waals surface area contributed by atoms with Gasteiger partial charge in [0.2, 0.25) is 0 Å². The molecule has 2 aromatic rings. The van der Waals surface area contributed by atoms with Crippen molar-refractivity contribution in [2.24, 2.45) is 0 Å². The summed E-state index contributed by atoms with van der Waals surface area (Å²) in [6.07, 6.45) is 1.58. The predicted molar refractivity (Wildman–Crippen MR) is 89.0 cm³/mol. The maximum atomic E-state index is 12.8. The number of hydrogen-bond donors (Lipinski definition) is 2. The molecule has 1 aromatic heterocycles. The van der Waals surface area contributed by atoms with E-state index >= 15 is 0 Å². The summed E-state index contributed by atoms with van der Waals surface area (Å²) < 4.78 is 25.6. The second-order valence-electron chi connectivity index (χ2n) is 5.44. The van der Waals surface area contributed by atoms with E-state index in [1.54, 1.807) is 36.2 Å². The maximum absolute atomic E-state index is 12.8. The standard InChI is InChI=1S/C16H22N2O4S/c1-13(18(8-10-19)9-11-20)12-23(21,22)15-6-2-4-14-5-3-7-17-16(14)15/h2-7,13,19-20H,8-12H2,1H3/t13-/m1/s1. The molecule has 0 aliphatic heterocycles. The number of hydrogen-bond acceptors (Lipinski definition) is 6. The number of sulfone groups is 1. The summed E-state index contributed by atoms with van der Waals surface area (Å²) in [4.78, 5) is 6.18. The van der Waals surface area contributed by atoms with Gasteiger partial charge < -0.3 is 10.2 Å². The topological polar surface area (TPSA) is 90.7 Å². The molecular formula is C16H22N2O4S. The number of nitrogens with zero attached hydrogens (tertiary/aromatic N) is 2. The highest BCUT2D eigenvalue weighted by atomic mass is 32.2. The molecule has 1 atom stereocenters. The van der Waals surface area contributed by atoms with E-state index in [-0.39, 0.29) is 29.9 Å². The Balaban J connectivity index is 2.30. The molecule has 0 unspecified atom stereocenters. The molecule has 0 amide bonds. The van der Waals surface area contributed by atoms with Gasteiger partial charge >= 0.3 is 0 Å². The van der Waals surface area contributed by atoms with Crippen LogP contribution in [0.25, 0.3) is 10.9 Å². The molecule has 23 heavy (non-hydrogen) atoms. The SMILES string of the molecule is C[C@H](CS(=O)(=O)c1cccc2cccnc12)N(CCO)CCO. The lowest BCUT2D eigenvalue weighted by atomic mass is 10.2. The number of pyridine rings is 1. The van der Waals surface area contributed by atoms with Gasteiger partial charge in [0.15, 0.2) is 9.84 Å². The monoisotopic (exact) mass is 338 g/mol. The average molecular weight is 338 g/mol. The molecule has 0 saturated carbocycles. The number of para-hydroxylation sites is 1. The second kappa shape index (κ2) is 7.83. The van der Waals surface area contributed by atoms with Crippen LogP contribution in [0, 0.1) is 0 Å². The Morgan fingerprint density at radius 2 is 1.78 bits per heavy atom. The van der Waals surface area contributed by atoms with Gasteiger partial charge in [0.25, 0.3) is 0 Å². The molecule has 0 bridgehead atoms. The summed E-state index contributed by atoms with van der Waals surface area (Å²) in [7, 11) is -3.54. The predicted octanol–water partition coefficient (Wildman–Crippen LogP) is 0.684. The van der Waals surface area contributed by atoms with E-state index in [0.29, 0.717) is 18.6 Å². The smallest absolute Gasteiger partial charge is 0.182 e. The van der Waals surface area contributed by atoms with Crippen molar-refractivity contribution >= 4 is 20.7 Å². The van der Waals surface area contributed by atoms with E-state index in [0.717, 1.165) is 5.39 Å². The van der Waals surface area contributed by atoms with Crippen molar-refractivity contribution in [1.82, 2.24) is 9.88 Å². The summed E-state index contributed by atoms with van der Waals surface area (Å²) >= 11 is 0.